The van der Waals surface area contributed by atoms with Gasteiger partial charge in [-0.1, -0.05) is 6.42 Å². The van der Waals surface area contributed by atoms with Gasteiger partial charge in [0.2, 0.25) is 0 Å². The van der Waals surface area contributed by atoms with Gasteiger partial charge in [-0.25, -0.2) is 4.39 Å². The van der Waals surface area contributed by atoms with Crippen molar-refractivity contribution in [1.29, 1.82) is 0 Å². The Balaban J connectivity index is 1.95. The second-order valence-corrected chi connectivity index (χ2v) is 4.99. The van der Waals surface area contributed by atoms with Crippen molar-refractivity contribution in [2.75, 3.05) is 25.0 Å². The summed E-state index contributed by atoms with van der Waals surface area (Å²) < 4.78 is 18.8. The molecule has 0 aromatic heterocycles. The number of hydrogen-bond donors (Lipinski definition) is 2. The highest BCUT2D eigenvalue weighted by Crippen LogP contribution is 2.39. The molecule has 3 nitrogen and oxygen atoms in total. The summed E-state index contributed by atoms with van der Waals surface area (Å²) in [7, 11) is 0. The van der Waals surface area contributed by atoms with Crippen LogP contribution in [0.4, 0.5) is 10.1 Å². The molecule has 0 amide bonds. The van der Waals surface area contributed by atoms with E-state index in [-0.39, 0.29) is 11.2 Å². The number of anilines is 1. The summed E-state index contributed by atoms with van der Waals surface area (Å²) in [5, 5.41) is 3.27. The average Bonchev–Trinajstić information content (AvgIpc) is 2.32. The smallest absolute Gasteiger partial charge is 0.167 e. The summed E-state index contributed by atoms with van der Waals surface area (Å²) in [6.45, 7) is 3.82. The lowest BCUT2D eigenvalue weighted by Crippen LogP contribution is -2.42. The zero-order valence-electron chi connectivity index (χ0n) is 10.8. The van der Waals surface area contributed by atoms with E-state index in [0.29, 0.717) is 18.9 Å². The average molecular weight is 252 g/mol. The Labute approximate surface area is 108 Å². The van der Waals surface area contributed by atoms with Crippen molar-refractivity contribution in [3.8, 4) is 5.75 Å². The van der Waals surface area contributed by atoms with Crippen LogP contribution in [0.2, 0.25) is 0 Å². The summed E-state index contributed by atoms with van der Waals surface area (Å²) >= 11 is 0. The predicted octanol–water partition coefficient (Wildman–Crippen LogP) is 2.77. The molecule has 0 spiro atoms. The molecule has 0 saturated heterocycles. The monoisotopic (exact) mass is 252 g/mol. The lowest BCUT2D eigenvalue weighted by Gasteiger charge is -2.41. The maximum Gasteiger partial charge on any atom is 0.167 e. The zero-order chi connectivity index (χ0) is 13.0. The number of benzene rings is 1. The van der Waals surface area contributed by atoms with Crippen LogP contribution in [0.5, 0.6) is 5.75 Å². The summed E-state index contributed by atoms with van der Waals surface area (Å²) in [6.07, 6.45) is 3.57. The van der Waals surface area contributed by atoms with E-state index in [4.69, 9.17) is 10.5 Å². The van der Waals surface area contributed by atoms with E-state index in [1.807, 2.05) is 13.0 Å². The van der Waals surface area contributed by atoms with E-state index < -0.39 is 0 Å². The molecule has 1 aliphatic rings. The molecule has 0 aliphatic heterocycles. The van der Waals surface area contributed by atoms with Gasteiger partial charge in [0, 0.05) is 18.3 Å². The van der Waals surface area contributed by atoms with Crippen molar-refractivity contribution in [2.24, 2.45) is 11.1 Å². The Morgan fingerprint density at radius 2 is 2.22 bits per heavy atom. The van der Waals surface area contributed by atoms with Crippen LogP contribution in [0.25, 0.3) is 0 Å². The molecule has 4 heteroatoms. The number of rotatable bonds is 6. The van der Waals surface area contributed by atoms with Gasteiger partial charge < -0.3 is 15.8 Å². The third-order valence-electron chi connectivity index (χ3n) is 3.75. The van der Waals surface area contributed by atoms with Crippen molar-refractivity contribution < 1.29 is 9.13 Å². The lowest BCUT2D eigenvalue weighted by molar-refractivity contribution is 0.163. The Bertz CT molecular complexity index is 399. The molecule has 1 aliphatic carbocycles. The molecule has 2 rings (SSSR count). The van der Waals surface area contributed by atoms with Crippen LogP contribution >= 0.6 is 0 Å². The topological polar surface area (TPSA) is 47.3 Å². The Morgan fingerprint density at radius 1 is 1.44 bits per heavy atom. The third-order valence-corrected chi connectivity index (χ3v) is 3.75. The normalized spacial score (nSPS) is 17.1. The van der Waals surface area contributed by atoms with Gasteiger partial charge in [-0.15, -0.1) is 0 Å². The van der Waals surface area contributed by atoms with Crippen molar-refractivity contribution >= 4 is 5.69 Å². The first kappa shape index (κ1) is 13.1. The lowest BCUT2D eigenvalue weighted by atomic mass is 9.69. The highest BCUT2D eigenvalue weighted by molar-refractivity contribution is 5.47. The van der Waals surface area contributed by atoms with E-state index in [9.17, 15) is 4.39 Å². The molecule has 1 fully saturated rings. The molecule has 0 radical (unpaired) electrons. The van der Waals surface area contributed by atoms with Crippen LogP contribution in [-0.2, 0) is 0 Å². The number of nitrogens with one attached hydrogen (secondary N) is 1. The van der Waals surface area contributed by atoms with E-state index in [0.717, 1.165) is 25.1 Å². The summed E-state index contributed by atoms with van der Waals surface area (Å²) in [5.74, 6) is -0.0162. The highest BCUT2D eigenvalue weighted by atomic mass is 19.1. The van der Waals surface area contributed by atoms with E-state index in [2.05, 4.69) is 5.32 Å². The molecular formula is C14H21FN2O. The van der Waals surface area contributed by atoms with E-state index in [1.165, 1.54) is 12.5 Å². The molecule has 0 atom stereocenters. The van der Waals surface area contributed by atoms with Crippen LogP contribution in [-0.4, -0.2) is 19.7 Å². The Kier molecular flexibility index (Phi) is 4.07. The summed E-state index contributed by atoms with van der Waals surface area (Å²) in [4.78, 5) is 0. The SMILES string of the molecule is CCOc1ccc(NCC2(CN)CCC2)cc1F. The maximum absolute atomic E-state index is 13.6. The van der Waals surface area contributed by atoms with Crippen LogP contribution in [0.3, 0.4) is 0 Å². The van der Waals surface area contributed by atoms with Gasteiger partial charge in [-0.2, -0.15) is 0 Å². The fourth-order valence-electron chi connectivity index (χ4n) is 2.30. The number of halogens is 1. The van der Waals surface area contributed by atoms with Crippen LogP contribution in [0, 0.1) is 11.2 Å². The predicted molar refractivity (Wildman–Crippen MR) is 71.4 cm³/mol. The number of ether oxygens (including phenoxy) is 1. The van der Waals surface area contributed by atoms with E-state index in [1.54, 1.807) is 6.07 Å². The van der Waals surface area contributed by atoms with Crippen molar-refractivity contribution in [1.82, 2.24) is 0 Å². The van der Waals surface area contributed by atoms with Crippen molar-refractivity contribution in [3.63, 3.8) is 0 Å². The van der Waals surface area contributed by atoms with Gasteiger partial charge in [0.15, 0.2) is 11.6 Å². The summed E-state index contributed by atoms with van der Waals surface area (Å²) in [5.41, 5.74) is 6.80. The first-order chi connectivity index (χ1) is 8.69. The molecule has 1 aromatic carbocycles. The van der Waals surface area contributed by atoms with Crippen LogP contribution in [0.15, 0.2) is 18.2 Å². The molecule has 0 unspecified atom stereocenters. The second kappa shape index (κ2) is 5.57. The molecule has 0 heterocycles. The molecular weight excluding hydrogens is 231 g/mol. The highest BCUT2D eigenvalue weighted by Gasteiger charge is 2.35. The van der Waals surface area contributed by atoms with E-state index >= 15 is 0 Å². The minimum atomic E-state index is -0.322. The fourth-order valence-corrected chi connectivity index (χ4v) is 2.30. The van der Waals surface area contributed by atoms with Gasteiger partial charge in [0.05, 0.1) is 6.61 Å². The molecule has 3 N–H and O–H groups in total. The van der Waals surface area contributed by atoms with Crippen molar-refractivity contribution in [2.45, 2.75) is 26.2 Å². The van der Waals surface area contributed by atoms with Gasteiger partial charge in [0.25, 0.3) is 0 Å². The Hall–Kier alpha value is -1.29. The Morgan fingerprint density at radius 3 is 2.72 bits per heavy atom. The second-order valence-electron chi connectivity index (χ2n) is 4.99. The minimum absolute atomic E-state index is 0.217. The fraction of sp³-hybridized carbons (Fsp3) is 0.571. The van der Waals surface area contributed by atoms with Gasteiger partial charge in [-0.3, -0.25) is 0 Å². The number of nitrogens with two attached hydrogens (primary N) is 1. The molecule has 100 valence electrons. The molecule has 18 heavy (non-hydrogen) atoms. The molecule has 1 saturated carbocycles. The first-order valence-corrected chi connectivity index (χ1v) is 6.55. The number of hydrogen-bond acceptors (Lipinski definition) is 3. The van der Waals surface area contributed by atoms with Gasteiger partial charge in [0.1, 0.15) is 0 Å². The standard InChI is InChI=1S/C14H21FN2O/c1-2-18-13-5-4-11(8-12(13)15)17-10-14(9-16)6-3-7-14/h4-5,8,17H,2-3,6-7,9-10,16H2,1H3. The maximum atomic E-state index is 13.6. The molecule has 1 aromatic rings. The van der Waals surface area contributed by atoms with Crippen molar-refractivity contribution in [3.05, 3.63) is 24.0 Å². The summed E-state index contributed by atoms with van der Waals surface area (Å²) in [6, 6.07) is 4.99. The van der Waals surface area contributed by atoms with Crippen LogP contribution < -0.4 is 15.8 Å². The van der Waals surface area contributed by atoms with Crippen LogP contribution in [0.1, 0.15) is 26.2 Å². The quantitative estimate of drug-likeness (QED) is 0.818. The zero-order valence-corrected chi connectivity index (χ0v) is 10.8. The molecule has 0 bridgehead atoms. The minimum Gasteiger partial charge on any atom is -0.491 e. The first-order valence-electron chi connectivity index (χ1n) is 6.55. The van der Waals surface area contributed by atoms with Gasteiger partial charge in [-0.05, 0) is 43.9 Å². The third kappa shape index (κ3) is 2.75. The largest absolute Gasteiger partial charge is 0.491 e. The van der Waals surface area contributed by atoms with Gasteiger partial charge >= 0.3 is 0 Å².